The van der Waals surface area contributed by atoms with Crippen molar-refractivity contribution in [3.8, 4) is 0 Å². The lowest BCUT2D eigenvalue weighted by Gasteiger charge is -2.24. The molecule has 0 radical (unpaired) electrons. The van der Waals surface area contributed by atoms with Gasteiger partial charge in [0.15, 0.2) is 0 Å². The van der Waals surface area contributed by atoms with Crippen LogP contribution in [0.3, 0.4) is 0 Å². The summed E-state index contributed by atoms with van der Waals surface area (Å²) in [6, 6.07) is 5.13. The lowest BCUT2D eigenvalue weighted by molar-refractivity contribution is 0.0695. The molecule has 0 aromatic heterocycles. The molecule has 0 fully saturated rings. The van der Waals surface area contributed by atoms with Gasteiger partial charge in [0, 0.05) is 40.4 Å². The molecule has 1 aromatic rings. The van der Waals surface area contributed by atoms with Crippen LogP contribution in [0, 0.1) is 0 Å². The molecule has 0 aliphatic heterocycles. The SMILES string of the molecule is COCC(O)CN(C)c1cc(C(=O)N(C)C)ccc1N. The van der Waals surface area contributed by atoms with Crippen LogP contribution in [-0.2, 0) is 4.74 Å². The summed E-state index contributed by atoms with van der Waals surface area (Å²) in [4.78, 5) is 15.3. The maximum atomic E-state index is 12.0. The summed E-state index contributed by atoms with van der Waals surface area (Å²) >= 11 is 0. The van der Waals surface area contributed by atoms with E-state index < -0.39 is 6.10 Å². The Morgan fingerprint density at radius 1 is 1.40 bits per heavy atom. The van der Waals surface area contributed by atoms with Gasteiger partial charge in [0.2, 0.25) is 0 Å². The van der Waals surface area contributed by atoms with Crippen LogP contribution in [0.15, 0.2) is 18.2 Å². The van der Waals surface area contributed by atoms with Gasteiger partial charge in [0.25, 0.3) is 5.91 Å². The Labute approximate surface area is 119 Å². The average molecular weight is 281 g/mol. The number of methoxy groups -OCH3 is 1. The Morgan fingerprint density at radius 3 is 2.60 bits per heavy atom. The molecule has 20 heavy (non-hydrogen) atoms. The molecule has 1 rings (SSSR count). The Morgan fingerprint density at radius 2 is 2.05 bits per heavy atom. The predicted octanol–water partition coefficient (Wildman–Crippen LogP) is 0.414. The summed E-state index contributed by atoms with van der Waals surface area (Å²) in [7, 11) is 6.75. The highest BCUT2D eigenvalue weighted by molar-refractivity contribution is 5.96. The Balaban J connectivity index is 2.93. The zero-order valence-electron chi connectivity index (χ0n) is 12.5. The number of amides is 1. The third-order valence-corrected chi connectivity index (χ3v) is 2.94. The van der Waals surface area contributed by atoms with Crippen molar-refractivity contribution in [2.24, 2.45) is 0 Å². The summed E-state index contributed by atoms with van der Waals surface area (Å²) in [6.45, 7) is 0.623. The molecule has 0 aliphatic rings. The Hall–Kier alpha value is -1.79. The van der Waals surface area contributed by atoms with Gasteiger partial charge in [-0.15, -0.1) is 0 Å². The first kappa shape index (κ1) is 16.3. The van der Waals surface area contributed by atoms with Crippen molar-refractivity contribution in [1.29, 1.82) is 0 Å². The molecule has 112 valence electrons. The van der Waals surface area contributed by atoms with E-state index in [9.17, 15) is 9.90 Å². The van der Waals surface area contributed by atoms with Gasteiger partial charge in [-0.1, -0.05) is 0 Å². The van der Waals surface area contributed by atoms with Gasteiger partial charge in [0.05, 0.1) is 24.1 Å². The molecule has 3 N–H and O–H groups in total. The quantitative estimate of drug-likeness (QED) is 0.739. The summed E-state index contributed by atoms with van der Waals surface area (Å²) in [5, 5.41) is 9.76. The van der Waals surface area contributed by atoms with Gasteiger partial charge in [0.1, 0.15) is 0 Å². The number of aliphatic hydroxyl groups is 1. The predicted molar refractivity (Wildman–Crippen MR) is 80.0 cm³/mol. The number of hydrogen-bond donors (Lipinski definition) is 2. The molecular formula is C14H23N3O3. The highest BCUT2D eigenvalue weighted by atomic mass is 16.5. The standard InChI is InChI=1S/C14H23N3O3/c1-16(2)14(19)10-5-6-12(15)13(7-10)17(3)8-11(18)9-20-4/h5-7,11,18H,8-9,15H2,1-4H3. The van der Waals surface area contributed by atoms with E-state index in [4.69, 9.17) is 10.5 Å². The van der Waals surface area contributed by atoms with E-state index in [0.29, 0.717) is 23.5 Å². The van der Waals surface area contributed by atoms with Gasteiger partial charge < -0.3 is 25.4 Å². The van der Waals surface area contributed by atoms with Crippen molar-refractivity contribution in [3.05, 3.63) is 23.8 Å². The summed E-state index contributed by atoms with van der Waals surface area (Å²) in [5.74, 6) is -0.0860. The number of rotatable bonds is 6. The molecule has 6 heteroatoms. The van der Waals surface area contributed by atoms with Crippen LogP contribution in [0.4, 0.5) is 11.4 Å². The van der Waals surface area contributed by atoms with Gasteiger partial charge in [-0.3, -0.25) is 4.79 Å². The normalized spacial score (nSPS) is 12.1. The smallest absolute Gasteiger partial charge is 0.253 e. The number of aliphatic hydroxyl groups excluding tert-OH is 1. The third-order valence-electron chi connectivity index (χ3n) is 2.94. The number of hydrogen-bond acceptors (Lipinski definition) is 5. The minimum Gasteiger partial charge on any atom is -0.397 e. The summed E-state index contributed by atoms with van der Waals surface area (Å²) < 4.78 is 4.90. The molecular weight excluding hydrogens is 258 g/mol. The largest absolute Gasteiger partial charge is 0.397 e. The van der Waals surface area contributed by atoms with Gasteiger partial charge in [-0.25, -0.2) is 0 Å². The van der Waals surface area contributed by atoms with Crippen molar-refractivity contribution >= 4 is 17.3 Å². The van der Waals surface area contributed by atoms with Crippen LogP contribution < -0.4 is 10.6 Å². The van der Waals surface area contributed by atoms with Crippen molar-refractivity contribution in [2.45, 2.75) is 6.10 Å². The molecule has 6 nitrogen and oxygen atoms in total. The molecule has 0 saturated carbocycles. The van der Waals surface area contributed by atoms with Crippen LogP contribution in [0.25, 0.3) is 0 Å². The monoisotopic (exact) mass is 281 g/mol. The molecule has 1 aromatic carbocycles. The second-order valence-corrected chi connectivity index (χ2v) is 4.96. The van der Waals surface area contributed by atoms with Crippen LogP contribution in [0.1, 0.15) is 10.4 Å². The van der Waals surface area contributed by atoms with E-state index in [2.05, 4.69) is 0 Å². The topological polar surface area (TPSA) is 79.0 Å². The number of anilines is 2. The number of benzene rings is 1. The second-order valence-electron chi connectivity index (χ2n) is 4.96. The van der Waals surface area contributed by atoms with Gasteiger partial charge in [-0.2, -0.15) is 0 Å². The number of nitrogen functional groups attached to an aromatic ring is 1. The minimum absolute atomic E-state index is 0.0860. The fourth-order valence-corrected chi connectivity index (χ4v) is 1.93. The van der Waals surface area contributed by atoms with Crippen molar-refractivity contribution < 1.29 is 14.6 Å². The first-order chi connectivity index (χ1) is 9.36. The fraction of sp³-hybridized carbons (Fsp3) is 0.500. The lowest BCUT2D eigenvalue weighted by Crippen LogP contribution is -2.32. The maximum absolute atomic E-state index is 12.0. The number of likely N-dealkylation sites (N-methyl/N-ethyl adjacent to an activating group) is 1. The van der Waals surface area contributed by atoms with Crippen LogP contribution in [-0.4, -0.2) is 63.4 Å². The van der Waals surface area contributed by atoms with E-state index in [1.165, 1.54) is 12.0 Å². The summed E-state index contributed by atoms with van der Waals surface area (Å²) in [6.07, 6.45) is -0.613. The van der Waals surface area contributed by atoms with E-state index in [0.717, 1.165) is 0 Å². The minimum atomic E-state index is -0.613. The van der Waals surface area contributed by atoms with Gasteiger partial charge >= 0.3 is 0 Å². The number of ether oxygens (including phenoxy) is 1. The molecule has 0 spiro atoms. The molecule has 0 aliphatic carbocycles. The van der Waals surface area contributed by atoms with E-state index >= 15 is 0 Å². The van der Waals surface area contributed by atoms with E-state index in [-0.39, 0.29) is 12.5 Å². The zero-order valence-corrected chi connectivity index (χ0v) is 12.5. The molecule has 1 amide bonds. The summed E-state index contributed by atoms with van der Waals surface area (Å²) in [5.41, 5.74) is 7.78. The number of carbonyl (C=O) groups is 1. The molecule has 1 unspecified atom stereocenters. The molecule has 0 bridgehead atoms. The number of nitrogens with zero attached hydrogens (tertiary/aromatic N) is 2. The van der Waals surface area contributed by atoms with Crippen LogP contribution in [0.2, 0.25) is 0 Å². The van der Waals surface area contributed by atoms with Crippen LogP contribution in [0.5, 0.6) is 0 Å². The maximum Gasteiger partial charge on any atom is 0.253 e. The zero-order chi connectivity index (χ0) is 15.3. The molecule has 0 heterocycles. The van der Waals surface area contributed by atoms with E-state index in [1.807, 2.05) is 11.9 Å². The first-order valence-corrected chi connectivity index (χ1v) is 6.36. The number of carbonyl (C=O) groups excluding carboxylic acids is 1. The number of nitrogens with two attached hydrogens (primary N) is 1. The molecule has 1 atom stereocenters. The second kappa shape index (κ2) is 7.12. The van der Waals surface area contributed by atoms with Crippen LogP contribution >= 0.6 is 0 Å². The van der Waals surface area contributed by atoms with Crippen molar-refractivity contribution in [3.63, 3.8) is 0 Å². The third kappa shape index (κ3) is 4.11. The van der Waals surface area contributed by atoms with Crippen molar-refractivity contribution in [2.75, 3.05) is 52.0 Å². The average Bonchev–Trinajstić information content (AvgIpc) is 2.38. The Kier molecular flexibility index (Phi) is 5.79. The lowest BCUT2D eigenvalue weighted by atomic mass is 10.1. The van der Waals surface area contributed by atoms with Crippen molar-refractivity contribution in [1.82, 2.24) is 4.90 Å². The first-order valence-electron chi connectivity index (χ1n) is 6.36. The highest BCUT2D eigenvalue weighted by Crippen LogP contribution is 2.24. The van der Waals surface area contributed by atoms with E-state index in [1.54, 1.807) is 32.3 Å². The fourth-order valence-electron chi connectivity index (χ4n) is 1.93. The van der Waals surface area contributed by atoms with Gasteiger partial charge in [-0.05, 0) is 18.2 Å². The highest BCUT2D eigenvalue weighted by Gasteiger charge is 2.14. The molecule has 0 saturated heterocycles. The Bertz CT molecular complexity index is 463.